The van der Waals surface area contributed by atoms with Gasteiger partial charge in [0.05, 0.1) is 7.11 Å². The van der Waals surface area contributed by atoms with Gasteiger partial charge in [-0.3, -0.25) is 4.79 Å². The van der Waals surface area contributed by atoms with Crippen molar-refractivity contribution >= 4 is 5.97 Å². The first-order valence-electron chi connectivity index (χ1n) is 5.60. The summed E-state index contributed by atoms with van der Waals surface area (Å²) >= 11 is 0. The summed E-state index contributed by atoms with van der Waals surface area (Å²) in [5.41, 5.74) is 5.82. The van der Waals surface area contributed by atoms with Crippen molar-refractivity contribution in [1.29, 1.82) is 0 Å². The van der Waals surface area contributed by atoms with E-state index in [9.17, 15) is 4.79 Å². The number of nitrogens with zero attached hydrogens (tertiary/aromatic N) is 1. The lowest BCUT2D eigenvalue weighted by atomic mass is 10.00. The topological polar surface area (TPSA) is 55.6 Å². The molecule has 4 nitrogen and oxygen atoms in total. The van der Waals surface area contributed by atoms with Crippen LogP contribution >= 0.6 is 0 Å². The van der Waals surface area contributed by atoms with E-state index in [-0.39, 0.29) is 11.9 Å². The number of hydrogen-bond donors (Lipinski definition) is 1. The molecule has 88 valence electrons. The van der Waals surface area contributed by atoms with Gasteiger partial charge in [0.1, 0.15) is 6.04 Å². The van der Waals surface area contributed by atoms with Crippen LogP contribution in [0.3, 0.4) is 0 Å². The molecule has 1 rings (SSSR count). The number of ether oxygens (including phenoxy) is 1. The number of carbonyl (C=O) groups is 1. The first-order valence-corrected chi connectivity index (χ1v) is 5.60. The van der Waals surface area contributed by atoms with Crippen molar-refractivity contribution in [3.63, 3.8) is 0 Å². The van der Waals surface area contributed by atoms with Crippen LogP contribution < -0.4 is 5.73 Å². The summed E-state index contributed by atoms with van der Waals surface area (Å²) in [6.07, 6.45) is 1.00. The predicted molar refractivity (Wildman–Crippen MR) is 59.4 cm³/mol. The molecule has 1 saturated heterocycles. The first-order chi connectivity index (χ1) is 7.04. The lowest BCUT2D eigenvalue weighted by Gasteiger charge is -2.20. The Bertz CT molecular complexity index is 219. The Kier molecular flexibility index (Phi) is 4.54. The number of rotatable bonds is 4. The maximum Gasteiger partial charge on any atom is 0.322 e. The van der Waals surface area contributed by atoms with Crippen LogP contribution in [0.2, 0.25) is 0 Å². The van der Waals surface area contributed by atoms with E-state index in [1.165, 1.54) is 7.11 Å². The van der Waals surface area contributed by atoms with E-state index < -0.39 is 6.04 Å². The van der Waals surface area contributed by atoms with E-state index >= 15 is 0 Å². The van der Waals surface area contributed by atoms with Gasteiger partial charge in [0.15, 0.2) is 0 Å². The normalized spacial score (nSPS) is 24.5. The Morgan fingerprint density at radius 2 is 2.27 bits per heavy atom. The Morgan fingerprint density at radius 1 is 1.60 bits per heavy atom. The standard InChI is InChI=1S/C11H22N2O2/c1-8(2)6-13-5-4-9(7-13)10(12)11(14)15-3/h8-10H,4-7,12H2,1-3H3. The van der Waals surface area contributed by atoms with Gasteiger partial charge in [-0.05, 0) is 24.8 Å². The highest BCUT2D eigenvalue weighted by Crippen LogP contribution is 2.20. The molecule has 0 radical (unpaired) electrons. The summed E-state index contributed by atoms with van der Waals surface area (Å²) in [5.74, 6) is 0.640. The van der Waals surface area contributed by atoms with Crippen LogP contribution in [-0.2, 0) is 9.53 Å². The zero-order chi connectivity index (χ0) is 11.4. The number of likely N-dealkylation sites (tertiary alicyclic amines) is 1. The van der Waals surface area contributed by atoms with E-state index in [2.05, 4.69) is 23.5 Å². The molecule has 0 bridgehead atoms. The van der Waals surface area contributed by atoms with Crippen LogP contribution in [0.25, 0.3) is 0 Å². The molecule has 2 atom stereocenters. The number of esters is 1. The molecule has 2 N–H and O–H groups in total. The molecular weight excluding hydrogens is 192 g/mol. The van der Waals surface area contributed by atoms with Gasteiger partial charge >= 0.3 is 5.97 Å². The highest BCUT2D eigenvalue weighted by molar-refractivity contribution is 5.75. The molecule has 1 aliphatic heterocycles. The quantitative estimate of drug-likeness (QED) is 0.691. The molecular formula is C11H22N2O2. The summed E-state index contributed by atoms with van der Waals surface area (Å²) in [6, 6.07) is -0.452. The molecule has 0 spiro atoms. The average molecular weight is 214 g/mol. The molecule has 0 aromatic carbocycles. The third-order valence-electron chi connectivity index (χ3n) is 2.91. The maximum atomic E-state index is 11.3. The highest BCUT2D eigenvalue weighted by atomic mass is 16.5. The molecule has 15 heavy (non-hydrogen) atoms. The summed E-state index contributed by atoms with van der Waals surface area (Å²) < 4.78 is 4.66. The van der Waals surface area contributed by atoms with Gasteiger partial charge in [0, 0.05) is 13.1 Å². The van der Waals surface area contributed by atoms with Crippen LogP contribution in [0, 0.1) is 11.8 Å². The van der Waals surface area contributed by atoms with Gasteiger partial charge in [0.2, 0.25) is 0 Å². The van der Waals surface area contributed by atoms with E-state index in [4.69, 9.17) is 5.73 Å². The molecule has 0 saturated carbocycles. The second-order valence-electron chi connectivity index (χ2n) is 4.75. The number of methoxy groups -OCH3 is 1. The van der Waals surface area contributed by atoms with Crippen molar-refractivity contribution in [3.8, 4) is 0 Å². The third kappa shape index (κ3) is 3.47. The van der Waals surface area contributed by atoms with E-state index in [1.54, 1.807) is 0 Å². The molecule has 2 unspecified atom stereocenters. The molecule has 1 fully saturated rings. The van der Waals surface area contributed by atoms with Crippen molar-refractivity contribution < 1.29 is 9.53 Å². The largest absolute Gasteiger partial charge is 0.468 e. The Morgan fingerprint density at radius 3 is 2.80 bits per heavy atom. The first kappa shape index (κ1) is 12.5. The van der Waals surface area contributed by atoms with Gasteiger partial charge in [-0.2, -0.15) is 0 Å². The minimum Gasteiger partial charge on any atom is -0.468 e. The van der Waals surface area contributed by atoms with Crippen molar-refractivity contribution in [3.05, 3.63) is 0 Å². The second kappa shape index (κ2) is 5.47. The summed E-state index contributed by atoms with van der Waals surface area (Å²) in [5, 5.41) is 0. The van der Waals surface area contributed by atoms with Crippen molar-refractivity contribution in [2.24, 2.45) is 17.6 Å². The van der Waals surface area contributed by atoms with Gasteiger partial charge in [-0.15, -0.1) is 0 Å². The number of hydrogen-bond acceptors (Lipinski definition) is 4. The summed E-state index contributed by atoms with van der Waals surface area (Å²) in [7, 11) is 1.39. The van der Waals surface area contributed by atoms with E-state index in [1.807, 2.05) is 0 Å². The Labute approximate surface area is 91.8 Å². The van der Waals surface area contributed by atoms with E-state index in [0.29, 0.717) is 5.92 Å². The maximum absolute atomic E-state index is 11.3. The minimum atomic E-state index is -0.452. The fourth-order valence-electron chi connectivity index (χ4n) is 2.17. The number of nitrogens with two attached hydrogens (primary N) is 1. The SMILES string of the molecule is COC(=O)C(N)C1CCN(CC(C)C)C1. The van der Waals surface area contributed by atoms with Crippen molar-refractivity contribution in [2.45, 2.75) is 26.3 Å². The summed E-state index contributed by atoms with van der Waals surface area (Å²) in [4.78, 5) is 13.6. The lowest BCUT2D eigenvalue weighted by molar-refractivity contribution is -0.143. The monoisotopic (exact) mass is 214 g/mol. The second-order valence-corrected chi connectivity index (χ2v) is 4.75. The molecule has 1 aliphatic rings. The molecule has 0 aromatic heterocycles. The number of carbonyl (C=O) groups excluding carboxylic acids is 1. The predicted octanol–water partition coefficient (Wildman–Crippen LogP) is 0.465. The zero-order valence-electron chi connectivity index (χ0n) is 9.90. The van der Waals surface area contributed by atoms with Crippen LogP contribution in [0.5, 0.6) is 0 Å². The highest BCUT2D eigenvalue weighted by Gasteiger charge is 2.31. The van der Waals surface area contributed by atoms with Crippen molar-refractivity contribution in [1.82, 2.24) is 4.90 Å². The van der Waals surface area contributed by atoms with Crippen molar-refractivity contribution in [2.75, 3.05) is 26.7 Å². The van der Waals surface area contributed by atoms with Crippen LogP contribution in [0.1, 0.15) is 20.3 Å². The Balaban J connectivity index is 2.38. The average Bonchev–Trinajstić information content (AvgIpc) is 2.63. The van der Waals surface area contributed by atoms with Crippen LogP contribution in [-0.4, -0.2) is 43.7 Å². The van der Waals surface area contributed by atoms with E-state index in [0.717, 1.165) is 26.1 Å². The van der Waals surface area contributed by atoms with Gasteiger partial charge < -0.3 is 15.4 Å². The third-order valence-corrected chi connectivity index (χ3v) is 2.91. The van der Waals surface area contributed by atoms with Crippen LogP contribution in [0.4, 0.5) is 0 Å². The lowest BCUT2D eigenvalue weighted by Crippen LogP contribution is -2.40. The molecule has 1 heterocycles. The van der Waals surface area contributed by atoms with Gasteiger partial charge in [-0.25, -0.2) is 0 Å². The van der Waals surface area contributed by atoms with Crippen LogP contribution in [0.15, 0.2) is 0 Å². The fourth-order valence-corrected chi connectivity index (χ4v) is 2.17. The molecule has 0 amide bonds. The smallest absolute Gasteiger partial charge is 0.322 e. The molecule has 0 aromatic rings. The van der Waals surface area contributed by atoms with Gasteiger partial charge in [0.25, 0.3) is 0 Å². The molecule has 4 heteroatoms. The fraction of sp³-hybridized carbons (Fsp3) is 0.909. The molecule has 0 aliphatic carbocycles. The van der Waals surface area contributed by atoms with Gasteiger partial charge in [-0.1, -0.05) is 13.8 Å². The minimum absolute atomic E-state index is 0.260. The summed E-state index contributed by atoms with van der Waals surface area (Å²) in [6.45, 7) is 7.47. The Hall–Kier alpha value is -0.610. The zero-order valence-corrected chi connectivity index (χ0v) is 9.90.